The number of hydrogen-bond acceptors (Lipinski definition) is 2. The summed E-state index contributed by atoms with van der Waals surface area (Å²) in [5.41, 5.74) is 1.64. The molecule has 1 aromatic heterocycles. The molecule has 0 amide bonds. The van der Waals surface area contributed by atoms with Gasteiger partial charge in [-0.2, -0.15) is 0 Å². The average molecular weight is 223 g/mol. The van der Waals surface area contributed by atoms with Crippen LogP contribution in [0.2, 0.25) is 4.34 Å². The number of aldehydes is 1. The van der Waals surface area contributed by atoms with Crippen LogP contribution >= 0.6 is 22.9 Å². The summed E-state index contributed by atoms with van der Waals surface area (Å²) in [5, 5.41) is 0. The van der Waals surface area contributed by atoms with E-state index in [2.05, 4.69) is 0 Å². The van der Waals surface area contributed by atoms with Crippen molar-refractivity contribution in [1.29, 1.82) is 0 Å². The SMILES string of the molecule is O=Cc1ccccc1-c1ccc(Cl)s1. The maximum absolute atomic E-state index is 10.8. The van der Waals surface area contributed by atoms with Crippen LogP contribution in [-0.2, 0) is 0 Å². The second-order valence-electron chi connectivity index (χ2n) is 2.81. The van der Waals surface area contributed by atoms with E-state index in [1.807, 2.05) is 30.3 Å². The lowest BCUT2D eigenvalue weighted by molar-refractivity contribution is 0.112. The minimum Gasteiger partial charge on any atom is -0.298 e. The van der Waals surface area contributed by atoms with E-state index in [0.29, 0.717) is 5.56 Å². The van der Waals surface area contributed by atoms with Gasteiger partial charge < -0.3 is 0 Å². The molecule has 0 aliphatic heterocycles. The third-order valence-corrected chi connectivity index (χ3v) is 3.19. The summed E-state index contributed by atoms with van der Waals surface area (Å²) in [7, 11) is 0. The summed E-state index contributed by atoms with van der Waals surface area (Å²) in [5.74, 6) is 0. The summed E-state index contributed by atoms with van der Waals surface area (Å²) in [6.07, 6.45) is 0.864. The second-order valence-corrected chi connectivity index (χ2v) is 4.52. The number of rotatable bonds is 2. The molecule has 1 heterocycles. The number of benzene rings is 1. The summed E-state index contributed by atoms with van der Waals surface area (Å²) in [6, 6.07) is 11.2. The van der Waals surface area contributed by atoms with Crippen LogP contribution in [0.5, 0.6) is 0 Å². The Morgan fingerprint density at radius 2 is 1.93 bits per heavy atom. The van der Waals surface area contributed by atoms with Gasteiger partial charge in [0.1, 0.15) is 0 Å². The zero-order chi connectivity index (χ0) is 9.97. The van der Waals surface area contributed by atoms with E-state index in [0.717, 1.165) is 21.1 Å². The predicted molar refractivity (Wildman–Crippen MR) is 60.2 cm³/mol. The Bertz CT molecular complexity index is 462. The molecule has 2 rings (SSSR count). The van der Waals surface area contributed by atoms with Gasteiger partial charge in [-0.15, -0.1) is 11.3 Å². The number of carbonyl (C=O) groups is 1. The second kappa shape index (κ2) is 3.95. The Hall–Kier alpha value is -1.12. The fraction of sp³-hybridized carbons (Fsp3) is 0. The highest BCUT2D eigenvalue weighted by molar-refractivity contribution is 7.19. The van der Waals surface area contributed by atoms with Crippen molar-refractivity contribution in [3.05, 3.63) is 46.3 Å². The summed E-state index contributed by atoms with van der Waals surface area (Å²) in [4.78, 5) is 11.8. The number of halogens is 1. The van der Waals surface area contributed by atoms with E-state index >= 15 is 0 Å². The van der Waals surface area contributed by atoms with Crippen LogP contribution in [0.3, 0.4) is 0 Å². The zero-order valence-electron chi connectivity index (χ0n) is 7.24. The smallest absolute Gasteiger partial charge is 0.150 e. The lowest BCUT2D eigenvalue weighted by Gasteiger charge is -1.99. The van der Waals surface area contributed by atoms with Crippen molar-refractivity contribution in [1.82, 2.24) is 0 Å². The van der Waals surface area contributed by atoms with Crippen LogP contribution in [0, 0.1) is 0 Å². The fourth-order valence-corrected chi connectivity index (χ4v) is 2.37. The van der Waals surface area contributed by atoms with Gasteiger partial charge in [-0.1, -0.05) is 35.9 Å². The van der Waals surface area contributed by atoms with Crippen LogP contribution in [0.1, 0.15) is 10.4 Å². The molecule has 14 heavy (non-hydrogen) atoms. The van der Waals surface area contributed by atoms with Crippen LogP contribution in [-0.4, -0.2) is 6.29 Å². The van der Waals surface area contributed by atoms with E-state index in [-0.39, 0.29) is 0 Å². The third-order valence-electron chi connectivity index (χ3n) is 1.93. The highest BCUT2D eigenvalue weighted by Crippen LogP contribution is 2.32. The molecule has 0 radical (unpaired) electrons. The summed E-state index contributed by atoms with van der Waals surface area (Å²) < 4.78 is 0.737. The standard InChI is InChI=1S/C11H7ClOS/c12-11-6-5-10(14-11)9-4-2-1-3-8(9)7-13/h1-7H. The third kappa shape index (κ3) is 1.72. The minimum atomic E-state index is 0.700. The van der Waals surface area contributed by atoms with Crippen LogP contribution in [0.15, 0.2) is 36.4 Å². The Balaban J connectivity index is 2.55. The highest BCUT2D eigenvalue weighted by Gasteiger charge is 2.05. The Kier molecular flexibility index (Phi) is 2.66. The molecule has 0 fully saturated rings. The molecule has 0 spiro atoms. The van der Waals surface area contributed by atoms with E-state index in [1.165, 1.54) is 11.3 Å². The van der Waals surface area contributed by atoms with Gasteiger partial charge in [0.15, 0.2) is 6.29 Å². The highest BCUT2D eigenvalue weighted by atomic mass is 35.5. The van der Waals surface area contributed by atoms with Gasteiger partial charge in [-0.05, 0) is 12.1 Å². The van der Waals surface area contributed by atoms with Gasteiger partial charge in [0.2, 0.25) is 0 Å². The first-order valence-corrected chi connectivity index (χ1v) is 5.30. The van der Waals surface area contributed by atoms with Crippen molar-refractivity contribution < 1.29 is 4.79 Å². The number of thiophene rings is 1. The largest absolute Gasteiger partial charge is 0.298 e. The number of hydrogen-bond donors (Lipinski definition) is 0. The first kappa shape index (κ1) is 9.44. The molecule has 1 nitrogen and oxygen atoms in total. The molecular weight excluding hydrogens is 216 g/mol. The van der Waals surface area contributed by atoms with Gasteiger partial charge in [-0.3, -0.25) is 4.79 Å². The van der Waals surface area contributed by atoms with Crippen molar-refractivity contribution in [3.8, 4) is 10.4 Å². The molecule has 0 atom stereocenters. The molecule has 0 saturated carbocycles. The zero-order valence-corrected chi connectivity index (χ0v) is 8.81. The van der Waals surface area contributed by atoms with Crippen molar-refractivity contribution in [2.75, 3.05) is 0 Å². The van der Waals surface area contributed by atoms with E-state index in [1.54, 1.807) is 6.07 Å². The molecule has 0 saturated heterocycles. The predicted octanol–water partition coefficient (Wildman–Crippen LogP) is 3.88. The quantitative estimate of drug-likeness (QED) is 0.705. The van der Waals surface area contributed by atoms with Crippen molar-refractivity contribution in [3.63, 3.8) is 0 Å². The number of carbonyl (C=O) groups excluding carboxylic acids is 1. The molecule has 1 aromatic carbocycles. The van der Waals surface area contributed by atoms with E-state index in [4.69, 9.17) is 11.6 Å². The van der Waals surface area contributed by atoms with Gasteiger partial charge in [-0.25, -0.2) is 0 Å². The minimum absolute atomic E-state index is 0.700. The van der Waals surface area contributed by atoms with E-state index < -0.39 is 0 Å². The Labute approximate surface area is 91.0 Å². The lowest BCUT2D eigenvalue weighted by Crippen LogP contribution is -1.83. The van der Waals surface area contributed by atoms with Crippen molar-refractivity contribution in [2.24, 2.45) is 0 Å². The maximum Gasteiger partial charge on any atom is 0.150 e. The Morgan fingerprint density at radius 1 is 1.14 bits per heavy atom. The average Bonchev–Trinajstić information content (AvgIpc) is 2.65. The monoisotopic (exact) mass is 222 g/mol. The molecule has 0 bridgehead atoms. The first-order valence-electron chi connectivity index (χ1n) is 4.11. The van der Waals surface area contributed by atoms with E-state index in [9.17, 15) is 4.79 Å². The van der Waals surface area contributed by atoms with Crippen LogP contribution in [0.4, 0.5) is 0 Å². The van der Waals surface area contributed by atoms with Crippen molar-refractivity contribution in [2.45, 2.75) is 0 Å². The van der Waals surface area contributed by atoms with Crippen LogP contribution < -0.4 is 0 Å². The van der Waals surface area contributed by atoms with Crippen molar-refractivity contribution >= 4 is 29.2 Å². The fourth-order valence-electron chi connectivity index (χ4n) is 1.28. The normalized spacial score (nSPS) is 10.1. The van der Waals surface area contributed by atoms with Gasteiger partial charge >= 0.3 is 0 Å². The molecule has 2 aromatic rings. The molecular formula is C11H7ClOS. The van der Waals surface area contributed by atoms with Gasteiger partial charge in [0.05, 0.1) is 4.34 Å². The summed E-state index contributed by atoms with van der Waals surface area (Å²) in [6.45, 7) is 0. The molecule has 0 N–H and O–H groups in total. The summed E-state index contributed by atoms with van der Waals surface area (Å²) >= 11 is 7.31. The molecule has 70 valence electrons. The maximum atomic E-state index is 10.8. The van der Waals surface area contributed by atoms with Gasteiger partial charge in [0.25, 0.3) is 0 Å². The van der Waals surface area contributed by atoms with Crippen LogP contribution in [0.25, 0.3) is 10.4 Å². The molecule has 0 unspecified atom stereocenters. The van der Waals surface area contributed by atoms with Gasteiger partial charge in [0, 0.05) is 16.0 Å². The Morgan fingerprint density at radius 3 is 2.57 bits per heavy atom. The lowest BCUT2D eigenvalue weighted by atomic mass is 10.1. The molecule has 0 aliphatic rings. The molecule has 0 aliphatic carbocycles. The molecule has 3 heteroatoms. The topological polar surface area (TPSA) is 17.1 Å². The first-order chi connectivity index (χ1) is 6.81.